The maximum absolute atomic E-state index is 4.49. The minimum atomic E-state index is 0.116. The molecule has 5 nitrogen and oxygen atoms in total. The number of hydrazine groups is 1. The number of H-pyrrole nitrogens is 1. The first kappa shape index (κ1) is 13.2. The van der Waals surface area contributed by atoms with E-state index in [1.807, 2.05) is 24.5 Å². The normalized spacial score (nSPS) is 24.5. The molecule has 1 aliphatic heterocycles. The lowest BCUT2D eigenvalue weighted by Crippen LogP contribution is -2.26. The second-order valence-electron chi connectivity index (χ2n) is 5.44. The lowest BCUT2D eigenvalue weighted by Gasteiger charge is -2.21. The van der Waals surface area contributed by atoms with E-state index in [0.717, 1.165) is 11.4 Å². The topological polar surface area (TPSA) is 65.6 Å². The van der Waals surface area contributed by atoms with E-state index >= 15 is 0 Å². The summed E-state index contributed by atoms with van der Waals surface area (Å²) in [5.41, 5.74) is 9.22. The summed E-state index contributed by atoms with van der Waals surface area (Å²) in [6, 6.07) is 14.8. The molecule has 0 radical (unpaired) electrons. The van der Waals surface area contributed by atoms with Gasteiger partial charge in [-0.1, -0.05) is 36.4 Å². The van der Waals surface area contributed by atoms with E-state index in [2.05, 4.69) is 56.1 Å². The largest absolute Gasteiger partial charge is 0.348 e. The predicted molar refractivity (Wildman–Crippen MR) is 83.8 cm³/mol. The van der Waals surface area contributed by atoms with Crippen molar-refractivity contribution >= 4 is 0 Å². The zero-order valence-electron chi connectivity index (χ0n) is 12.0. The molecular weight excluding hydrogens is 274 g/mol. The molecule has 0 amide bonds. The van der Waals surface area contributed by atoms with Crippen LogP contribution in [0.25, 0.3) is 0 Å². The van der Waals surface area contributed by atoms with Crippen molar-refractivity contribution < 1.29 is 0 Å². The summed E-state index contributed by atoms with van der Waals surface area (Å²) >= 11 is 0. The molecule has 3 unspecified atom stereocenters. The van der Waals surface area contributed by atoms with Gasteiger partial charge in [-0.2, -0.15) is 0 Å². The fraction of sp³-hybridized carbons (Fsp3) is 0.176. The quantitative estimate of drug-likeness (QED) is 0.693. The minimum absolute atomic E-state index is 0.116. The SMILES string of the molecule is c1ccc(C2NNC(c3cccnc3)C2c2ncc[nH]2)cc1. The van der Waals surface area contributed by atoms with Crippen LogP contribution in [0.5, 0.6) is 0 Å². The molecule has 110 valence electrons. The fourth-order valence-electron chi connectivity index (χ4n) is 3.13. The number of nitrogens with one attached hydrogen (secondary N) is 3. The van der Waals surface area contributed by atoms with Crippen molar-refractivity contribution in [1.29, 1.82) is 0 Å². The monoisotopic (exact) mass is 291 g/mol. The second-order valence-corrected chi connectivity index (χ2v) is 5.44. The van der Waals surface area contributed by atoms with E-state index in [1.54, 1.807) is 12.4 Å². The van der Waals surface area contributed by atoms with Crippen LogP contribution in [0, 0.1) is 0 Å². The van der Waals surface area contributed by atoms with Crippen LogP contribution in [-0.2, 0) is 0 Å². The van der Waals surface area contributed by atoms with E-state index in [1.165, 1.54) is 5.56 Å². The summed E-state index contributed by atoms with van der Waals surface area (Å²) in [5, 5.41) is 0. The maximum Gasteiger partial charge on any atom is 0.113 e. The first-order chi connectivity index (χ1) is 10.9. The van der Waals surface area contributed by atoms with Crippen LogP contribution < -0.4 is 10.9 Å². The number of aromatic amines is 1. The van der Waals surface area contributed by atoms with Gasteiger partial charge in [-0.25, -0.2) is 15.8 Å². The summed E-state index contributed by atoms with van der Waals surface area (Å²) < 4.78 is 0. The first-order valence-electron chi connectivity index (χ1n) is 7.38. The molecule has 2 aromatic heterocycles. The summed E-state index contributed by atoms with van der Waals surface area (Å²) in [5.74, 6) is 1.14. The lowest BCUT2D eigenvalue weighted by molar-refractivity contribution is 0.528. The van der Waals surface area contributed by atoms with Gasteiger partial charge >= 0.3 is 0 Å². The van der Waals surface area contributed by atoms with Crippen LogP contribution in [0.1, 0.15) is 35.0 Å². The van der Waals surface area contributed by atoms with Gasteiger partial charge in [-0.3, -0.25) is 4.98 Å². The Morgan fingerprint density at radius 2 is 1.59 bits per heavy atom. The standard InChI is InChI=1S/C17H17N5/c1-2-5-12(6-3-1)15-14(17-19-9-10-20-17)16(22-21-15)13-7-4-8-18-11-13/h1-11,14-16,21-22H,(H,19,20). The van der Waals surface area contributed by atoms with Crippen LogP contribution in [0.2, 0.25) is 0 Å². The van der Waals surface area contributed by atoms with E-state index in [9.17, 15) is 0 Å². The molecule has 0 spiro atoms. The summed E-state index contributed by atoms with van der Waals surface area (Å²) in [6.45, 7) is 0. The number of imidazole rings is 1. The van der Waals surface area contributed by atoms with Crippen LogP contribution in [0.4, 0.5) is 0 Å². The Kier molecular flexibility index (Phi) is 3.42. The molecule has 3 aromatic rings. The zero-order valence-corrected chi connectivity index (χ0v) is 12.0. The van der Waals surface area contributed by atoms with Crippen LogP contribution in [0.15, 0.2) is 67.3 Å². The van der Waals surface area contributed by atoms with Crippen LogP contribution in [0.3, 0.4) is 0 Å². The molecule has 5 heteroatoms. The first-order valence-corrected chi connectivity index (χ1v) is 7.38. The highest BCUT2D eigenvalue weighted by Gasteiger charge is 2.40. The Morgan fingerprint density at radius 3 is 2.27 bits per heavy atom. The number of hydrogen-bond acceptors (Lipinski definition) is 4. The number of hydrogen-bond donors (Lipinski definition) is 3. The smallest absolute Gasteiger partial charge is 0.113 e. The Hall–Kier alpha value is -2.50. The summed E-state index contributed by atoms with van der Waals surface area (Å²) in [7, 11) is 0. The van der Waals surface area contributed by atoms with Crippen LogP contribution in [-0.4, -0.2) is 15.0 Å². The fourth-order valence-corrected chi connectivity index (χ4v) is 3.13. The van der Waals surface area contributed by atoms with E-state index in [-0.39, 0.29) is 18.0 Å². The molecule has 22 heavy (non-hydrogen) atoms. The van der Waals surface area contributed by atoms with Gasteiger partial charge in [-0.15, -0.1) is 0 Å². The average Bonchev–Trinajstić information content (AvgIpc) is 3.25. The summed E-state index contributed by atoms with van der Waals surface area (Å²) in [6.07, 6.45) is 7.37. The van der Waals surface area contributed by atoms with Crippen molar-refractivity contribution in [3.63, 3.8) is 0 Å². The third-order valence-corrected chi connectivity index (χ3v) is 4.15. The Balaban J connectivity index is 1.75. The van der Waals surface area contributed by atoms with Gasteiger partial charge in [0.15, 0.2) is 0 Å². The highest BCUT2D eigenvalue weighted by Crippen LogP contribution is 2.42. The predicted octanol–water partition coefficient (Wildman–Crippen LogP) is 2.48. The number of aromatic nitrogens is 3. The maximum atomic E-state index is 4.49. The van der Waals surface area contributed by atoms with E-state index < -0.39 is 0 Å². The molecule has 3 atom stereocenters. The number of rotatable bonds is 3. The number of benzene rings is 1. The second kappa shape index (κ2) is 5.71. The van der Waals surface area contributed by atoms with Gasteiger partial charge in [0.05, 0.1) is 18.0 Å². The van der Waals surface area contributed by atoms with Gasteiger partial charge in [0, 0.05) is 24.8 Å². The van der Waals surface area contributed by atoms with Crippen molar-refractivity contribution in [1.82, 2.24) is 25.8 Å². The lowest BCUT2D eigenvalue weighted by atomic mass is 9.86. The van der Waals surface area contributed by atoms with Crippen molar-refractivity contribution in [3.8, 4) is 0 Å². The minimum Gasteiger partial charge on any atom is -0.348 e. The molecule has 3 N–H and O–H groups in total. The Labute approximate surface area is 128 Å². The van der Waals surface area contributed by atoms with Crippen molar-refractivity contribution in [2.75, 3.05) is 0 Å². The third-order valence-electron chi connectivity index (χ3n) is 4.15. The molecule has 1 aliphatic rings. The van der Waals surface area contributed by atoms with Gasteiger partial charge in [0.25, 0.3) is 0 Å². The molecule has 0 aliphatic carbocycles. The molecular formula is C17H17N5. The highest BCUT2D eigenvalue weighted by molar-refractivity contribution is 5.30. The number of pyridine rings is 1. The molecule has 3 heterocycles. The van der Waals surface area contributed by atoms with Crippen molar-refractivity contribution in [3.05, 3.63) is 84.2 Å². The average molecular weight is 291 g/mol. The Bertz CT molecular complexity index is 664. The zero-order chi connectivity index (χ0) is 14.8. The van der Waals surface area contributed by atoms with Crippen molar-refractivity contribution in [2.24, 2.45) is 0 Å². The van der Waals surface area contributed by atoms with Gasteiger partial charge in [0.1, 0.15) is 5.82 Å². The number of nitrogens with zero attached hydrogens (tertiary/aromatic N) is 2. The molecule has 0 saturated carbocycles. The third kappa shape index (κ3) is 2.30. The summed E-state index contributed by atoms with van der Waals surface area (Å²) in [4.78, 5) is 12.0. The molecule has 1 fully saturated rings. The van der Waals surface area contributed by atoms with E-state index in [4.69, 9.17) is 0 Å². The Morgan fingerprint density at radius 1 is 0.818 bits per heavy atom. The van der Waals surface area contributed by atoms with Gasteiger partial charge in [-0.05, 0) is 17.2 Å². The molecule has 0 bridgehead atoms. The van der Waals surface area contributed by atoms with E-state index in [0.29, 0.717) is 0 Å². The van der Waals surface area contributed by atoms with Crippen molar-refractivity contribution in [2.45, 2.75) is 18.0 Å². The molecule has 4 rings (SSSR count). The highest BCUT2D eigenvalue weighted by atomic mass is 15.4. The van der Waals surface area contributed by atoms with Gasteiger partial charge < -0.3 is 4.98 Å². The molecule has 1 aromatic carbocycles. The molecule has 1 saturated heterocycles. The van der Waals surface area contributed by atoms with Gasteiger partial charge in [0.2, 0.25) is 0 Å². The van der Waals surface area contributed by atoms with Crippen LogP contribution >= 0.6 is 0 Å².